The molecule has 3 aromatic rings. The SMILES string of the molecule is Cn1ccc(S(=O)(=O)N2CCN(Cn3nc(-c4ccccc4)oc3=S)CC2)c1. The van der Waals surface area contributed by atoms with Crippen molar-refractivity contribution in [3.63, 3.8) is 0 Å². The van der Waals surface area contributed by atoms with E-state index in [9.17, 15) is 8.42 Å². The van der Waals surface area contributed by atoms with E-state index >= 15 is 0 Å². The summed E-state index contributed by atoms with van der Waals surface area (Å²) in [7, 11) is -1.65. The average Bonchev–Trinajstić information content (AvgIpc) is 3.29. The monoisotopic (exact) mass is 419 g/mol. The van der Waals surface area contributed by atoms with Gasteiger partial charge in [-0.05, 0) is 30.4 Å². The second kappa shape index (κ2) is 7.63. The highest BCUT2D eigenvalue weighted by atomic mass is 32.2. The molecule has 3 heterocycles. The Morgan fingerprint density at radius 1 is 1.11 bits per heavy atom. The van der Waals surface area contributed by atoms with Crippen LogP contribution in [0.2, 0.25) is 0 Å². The van der Waals surface area contributed by atoms with Crippen molar-refractivity contribution in [1.29, 1.82) is 0 Å². The minimum Gasteiger partial charge on any atom is -0.409 e. The van der Waals surface area contributed by atoms with Gasteiger partial charge in [0.05, 0.1) is 11.6 Å². The van der Waals surface area contributed by atoms with Gasteiger partial charge in [0, 0.05) is 51.2 Å². The molecule has 1 aliphatic rings. The molecule has 0 radical (unpaired) electrons. The number of benzene rings is 1. The lowest BCUT2D eigenvalue weighted by Crippen LogP contribution is -2.48. The van der Waals surface area contributed by atoms with Gasteiger partial charge in [-0.15, -0.1) is 5.10 Å². The number of nitrogens with zero attached hydrogens (tertiary/aromatic N) is 5. The Morgan fingerprint density at radius 2 is 1.82 bits per heavy atom. The van der Waals surface area contributed by atoms with Gasteiger partial charge in [0.2, 0.25) is 15.9 Å². The van der Waals surface area contributed by atoms with Crippen molar-refractivity contribution in [2.75, 3.05) is 26.2 Å². The van der Waals surface area contributed by atoms with Gasteiger partial charge in [0.25, 0.3) is 4.84 Å². The molecule has 28 heavy (non-hydrogen) atoms. The second-order valence-corrected chi connectivity index (χ2v) is 9.00. The Hall–Kier alpha value is -2.27. The Morgan fingerprint density at radius 3 is 2.46 bits per heavy atom. The van der Waals surface area contributed by atoms with Crippen LogP contribution in [0.1, 0.15) is 0 Å². The van der Waals surface area contributed by atoms with Crippen LogP contribution in [0.4, 0.5) is 0 Å². The second-order valence-electron chi connectivity index (χ2n) is 6.71. The number of piperazine rings is 1. The lowest BCUT2D eigenvalue weighted by Gasteiger charge is -2.33. The van der Waals surface area contributed by atoms with Gasteiger partial charge >= 0.3 is 0 Å². The molecule has 0 bridgehead atoms. The fourth-order valence-corrected chi connectivity index (χ4v) is 4.83. The Bertz CT molecular complexity index is 1110. The number of aryl methyl sites for hydroxylation is 1. The summed E-state index contributed by atoms with van der Waals surface area (Å²) < 4.78 is 36.0. The molecule has 2 aromatic heterocycles. The Balaban J connectivity index is 1.41. The van der Waals surface area contributed by atoms with E-state index in [0.717, 1.165) is 5.56 Å². The van der Waals surface area contributed by atoms with E-state index in [2.05, 4.69) is 10.00 Å². The van der Waals surface area contributed by atoms with Gasteiger partial charge < -0.3 is 8.98 Å². The molecule has 148 valence electrons. The van der Waals surface area contributed by atoms with Gasteiger partial charge in [-0.25, -0.2) is 13.1 Å². The van der Waals surface area contributed by atoms with E-state index in [1.54, 1.807) is 27.7 Å². The third-order valence-corrected chi connectivity index (χ3v) is 6.91. The predicted octanol–water partition coefficient (Wildman–Crippen LogP) is 2.18. The van der Waals surface area contributed by atoms with Gasteiger partial charge in [-0.2, -0.15) is 4.31 Å². The van der Waals surface area contributed by atoms with Gasteiger partial charge in [0.1, 0.15) is 0 Å². The summed E-state index contributed by atoms with van der Waals surface area (Å²) in [5.41, 5.74) is 0.867. The molecule has 1 aromatic carbocycles. The topological polar surface area (TPSA) is 76.5 Å². The maximum Gasteiger partial charge on any atom is 0.288 e. The smallest absolute Gasteiger partial charge is 0.288 e. The summed E-state index contributed by atoms with van der Waals surface area (Å²) in [6, 6.07) is 11.2. The minimum absolute atomic E-state index is 0.304. The van der Waals surface area contributed by atoms with Crippen molar-refractivity contribution in [2.24, 2.45) is 7.05 Å². The summed E-state index contributed by atoms with van der Waals surface area (Å²) in [6.45, 7) is 2.51. The normalized spacial score (nSPS) is 16.5. The first kappa shape index (κ1) is 19.1. The van der Waals surface area contributed by atoms with Crippen LogP contribution in [0.3, 0.4) is 0 Å². The maximum atomic E-state index is 12.7. The van der Waals surface area contributed by atoms with E-state index in [-0.39, 0.29) is 0 Å². The molecule has 0 saturated carbocycles. The van der Waals surface area contributed by atoms with E-state index in [1.807, 2.05) is 37.4 Å². The maximum absolute atomic E-state index is 12.7. The van der Waals surface area contributed by atoms with Crippen LogP contribution < -0.4 is 0 Å². The van der Waals surface area contributed by atoms with Crippen LogP contribution in [0, 0.1) is 4.84 Å². The van der Waals surface area contributed by atoms with Crippen molar-refractivity contribution in [3.05, 3.63) is 53.6 Å². The third-order valence-electron chi connectivity index (χ3n) is 4.73. The highest BCUT2D eigenvalue weighted by Crippen LogP contribution is 2.19. The fourth-order valence-electron chi connectivity index (χ4n) is 3.17. The van der Waals surface area contributed by atoms with Crippen molar-refractivity contribution in [3.8, 4) is 11.5 Å². The molecule has 1 fully saturated rings. The summed E-state index contributed by atoms with van der Waals surface area (Å²) >= 11 is 5.29. The van der Waals surface area contributed by atoms with E-state index in [1.165, 1.54) is 4.31 Å². The van der Waals surface area contributed by atoms with E-state index < -0.39 is 10.0 Å². The van der Waals surface area contributed by atoms with Crippen molar-refractivity contribution in [2.45, 2.75) is 11.6 Å². The molecule has 0 unspecified atom stereocenters. The first-order valence-electron chi connectivity index (χ1n) is 8.91. The number of hydrogen-bond acceptors (Lipinski definition) is 6. The quantitative estimate of drug-likeness (QED) is 0.590. The molecule has 0 N–H and O–H groups in total. The minimum atomic E-state index is -3.45. The molecule has 1 aliphatic heterocycles. The standard InChI is InChI=1S/C18H21N5O3S2/c1-20-8-7-16(13-20)28(24,25)22-11-9-21(10-12-22)14-23-18(27)26-17(19-23)15-5-3-2-4-6-15/h2-8,13H,9-12,14H2,1H3. The lowest BCUT2D eigenvalue weighted by molar-refractivity contribution is 0.143. The Kier molecular flexibility index (Phi) is 5.19. The van der Waals surface area contributed by atoms with E-state index in [4.69, 9.17) is 16.6 Å². The molecule has 0 atom stereocenters. The molecule has 0 amide bonds. The zero-order valence-electron chi connectivity index (χ0n) is 15.4. The fraction of sp³-hybridized carbons (Fsp3) is 0.333. The molecule has 0 aliphatic carbocycles. The van der Waals surface area contributed by atoms with Crippen LogP contribution in [-0.4, -0.2) is 58.1 Å². The summed E-state index contributed by atoms with van der Waals surface area (Å²) in [5, 5.41) is 4.46. The molecular weight excluding hydrogens is 398 g/mol. The molecule has 0 spiro atoms. The van der Waals surface area contributed by atoms with Gasteiger partial charge in [-0.1, -0.05) is 18.2 Å². The third kappa shape index (κ3) is 3.81. The molecule has 8 nitrogen and oxygen atoms in total. The van der Waals surface area contributed by atoms with Crippen LogP contribution in [0.5, 0.6) is 0 Å². The van der Waals surface area contributed by atoms with Gasteiger partial charge in [0.15, 0.2) is 0 Å². The number of sulfonamides is 1. The molecule has 4 rings (SSSR count). The highest BCUT2D eigenvalue weighted by Gasteiger charge is 2.29. The highest BCUT2D eigenvalue weighted by molar-refractivity contribution is 7.89. The van der Waals surface area contributed by atoms with E-state index in [0.29, 0.717) is 48.5 Å². The largest absolute Gasteiger partial charge is 0.409 e. The number of rotatable bonds is 5. The first-order valence-corrected chi connectivity index (χ1v) is 10.8. The predicted molar refractivity (Wildman–Crippen MR) is 107 cm³/mol. The first-order chi connectivity index (χ1) is 13.4. The summed E-state index contributed by atoms with van der Waals surface area (Å²) in [6.07, 6.45) is 3.36. The van der Waals surface area contributed by atoms with Crippen LogP contribution >= 0.6 is 12.2 Å². The van der Waals surface area contributed by atoms with Gasteiger partial charge in [-0.3, -0.25) is 4.90 Å². The number of aromatic nitrogens is 3. The van der Waals surface area contributed by atoms with Crippen molar-refractivity contribution in [1.82, 2.24) is 23.6 Å². The average molecular weight is 420 g/mol. The zero-order chi connectivity index (χ0) is 19.7. The number of hydrogen-bond donors (Lipinski definition) is 0. The lowest BCUT2D eigenvalue weighted by atomic mass is 10.2. The summed E-state index contributed by atoms with van der Waals surface area (Å²) in [5.74, 6) is 0.482. The zero-order valence-corrected chi connectivity index (χ0v) is 17.1. The molecule has 10 heteroatoms. The van der Waals surface area contributed by atoms with Crippen LogP contribution in [-0.2, 0) is 23.7 Å². The molecular formula is C18H21N5O3S2. The summed E-state index contributed by atoms with van der Waals surface area (Å²) in [4.78, 5) is 2.75. The van der Waals surface area contributed by atoms with Crippen LogP contribution in [0.15, 0.2) is 58.1 Å². The van der Waals surface area contributed by atoms with Crippen molar-refractivity contribution < 1.29 is 12.8 Å². The van der Waals surface area contributed by atoms with Crippen molar-refractivity contribution >= 4 is 22.2 Å². The molecule has 1 saturated heterocycles. The Labute approximate surface area is 168 Å². The van der Waals surface area contributed by atoms with Crippen LogP contribution in [0.25, 0.3) is 11.5 Å².